The van der Waals surface area contributed by atoms with E-state index in [0.717, 1.165) is 30.6 Å². The smallest absolute Gasteiger partial charge is 0.223 e. The van der Waals surface area contributed by atoms with Crippen LogP contribution in [0.15, 0.2) is 16.7 Å². The van der Waals surface area contributed by atoms with E-state index in [2.05, 4.69) is 5.32 Å². The number of fused-ring (bicyclic) bond motifs is 1. The fraction of sp³-hybridized carbons (Fsp3) is 0.583. The van der Waals surface area contributed by atoms with Crippen LogP contribution in [0.2, 0.25) is 0 Å². The first-order valence-corrected chi connectivity index (χ1v) is 5.55. The van der Waals surface area contributed by atoms with Crippen molar-refractivity contribution in [2.45, 2.75) is 39.2 Å². The molecule has 1 N–H and O–H groups in total. The van der Waals surface area contributed by atoms with Gasteiger partial charge in [0.1, 0.15) is 5.76 Å². The zero-order valence-electron chi connectivity index (χ0n) is 9.25. The predicted octanol–water partition coefficient (Wildman–Crippen LogP) is 2.43. The molecule has 3 nitrogen and oxygen atoms in total. The molecule has 3 heteroatoms. The van der Waals surface area contributed by atoms with Gasteiger partial charge in [-0.3, -0.25) is 4.79 Å². The molecule has 0 aliphatic heterocycles. The van der Waals surface area contributed by atoms with Gasteiger partial charge in [0.15, 0.2) is 0 Å². The molecule has 0 spiro atoms. The summed E-state index contributed by atoms with van der Waals surface area (Å²) in [5, 5.41) is 3.06. The first-order valence-electron chi connectivity index (χ1n) is 5.55. The molecular weight excluding hydrogens is 190 g/mol. The first kappa shape index (κ1) is 10.3. The first-order chi connectivity index (χ1) is 7.18. The van der Waals surface area contributed by atoms with Crippen LogP contribution in [-0.2, 0) is 11.2 Å². The second kappa shape index (κ2) is 4.09. The molecule has 0 unspecified atom stereocenters. The van der Waals surface area contributed by atoms with E-state index in [4.69, 9.17) is 4.42 Å². The van der Waals surface area contributed by atoms with Gasteiger partial charge in [0.2, 0.25) is 5.91 Å². The van der Waals surface area contributed by atoms with Crippen molar-refractivity contribution in [3.8, 4) is 0 Å². The summed E-state index contributed by atoms with van der Waals surface area (Å²) in [6.07, 6.45) is 4.81. The van der Waals surface area contributed by atoms with Gasteiger partial charge in [-0.25, -0.2) is 0 Å². The van der Waals surface area contributed by atoms with Crippen molar-refractivity contribution in [1.29, 1.82) is 0 Å². The molecule has 1 aromatic heterocycles. The molecule has 2 rings (SSSR count). The largest absolute Gasteiger partial charge is 0.469 e. The van der Waals surface area contributed by atoms with E-state index in [9.17, 15) is 4.79 Å². The summed E-state index contributed by atoms with van der Waals surface area (Å²) in [7, 11) is 0. The molecule has 0 aromatic carbocycles. The molecule has 1 aliphatic carbocycles. The van der Waals surface area contributed by atoms with E-state index in [1.54, 1.807) is 6.26 Å². The third-order valence-corrected chi connectivity index (χ3v) is 2.89. The Kier molecular flexibility index (Phi) is 2.80. The number of furan rings is 1. The second-order valence-electron chi connectivity index (χ2n) is 4.41. The number of aryl methyl sites for hydroxylation is 1. The fourth-order valence-corrected chi connectivity index (χ4v) is 1.97. The van der Waals surface area contributed by atoms with E-state index in [1.165, 1.54) is 0 Å². The zero-order valence-corrected chi connectivity index (χ0v) is 9.25. The predicted molar refractivity (Wildman–Crippen MR) is 57.4 cm³/mol. The average molecular weight is 207 g/mol. The molecule has 1 atom stereocenters. The Hall–Kier alpha value is -1.25. The molecule has 0 bridgehead atoms. The molecule has 0 saturated heterocycles. The monoisotopic (exact) mass is 207 g/mol. The van der Waals surface area contributed by atoms with Gasteiger partial charge in [0, 0.05) is 17.9 Å². The lowest BCUT2D eigenvalue weighted by Gasteiger charge is -2.23. The molecule has 1 amide bonds. The maximum absolute atomic E-state index is 11.6. The van der Waals surface area contributed by atoms with Crippen molar-refractivity contribution in [1.82, 2.24) is 5.32 Å². The minimum absolute atomic E-state index is 0.0438. The third kappa shape index (κ3) is 2.06. The van der Waals surface area contributed by atoms with Gasteiger partial charge in [-0.2, -0.15) is 0 Å². The van der Waals surface area contributed by atoms with E-state index in [-0.39, 0.29) is 17.9 Å². The molecule has 82 valence electrons. The lowest BCUT2D eigenvalue weighted by atomic mass is 9.93. The van der Waals surface area contributed by atoms with Crippen molar-refractivity contribution in [2.75, 3.05) is 0 Å². The minimum Gasteiger partial charge on any atom is -0.469 e. The lowest BCUT2D eigenvalue weighted by molar-refractivity contribution is -0.124. The molecule has 0 fully saturated rings. The van der Waals surface area contributed by atoms with Crippen molar-refractivity contribution < 1.29 is 9.21 Å². The van der Waals surface area contributed by atoms with Gasteiger partial charge < -0.3 is 9.73 Å². The normalized spacial score (nSPS) is 20.1. The van der Waals surface area contributed by atoms with E-state index < -0.39 is 0 Å². The summed E-state index contributed by atoms with van der Waals surface area (Å²) in [6.45, 7) is 3.82. The van der Waals surface area contributed by atoms with Crippen molar-refractivity contribution in [2.24, 2.45) is 5.92 Å². The number of amides is 1. The summed E-state index contributed by atoms with van der Waals surface area (Å²) < 4.78 is 5.38. The fourth-order valence-electron chi connectivity index (χ4n) is 1.97. The van der Waals surface area contributed by atoms with Crippen molar-refractivity contribution >= 4 is 5.91 Å². The van der Waals surface area contributed by atoms with Gasteiger partial charge in [-0.15, -0.1) is 0 Å². The summed E-state index contributed by atoms with van der Waals surface area (Å²) in [5.41, 5.74) is 1.16. The van der Waals surface area contributed by atoms with Gasteiger partial charge in [-0.05, 0) is 18.9 Å². The second-order valence-corrected chi connectivity index (χ2v) is 4.41. The zero-order chi connectivity index (χ0) is 10.8. The van der Waals surface area contributed by atoms with E-state index in [0.29, 0.717) is 0 Å². The molecule has 1 heterocycles. The Morgan fingerprint density at radius 2 is 2.40 bits per heavy atom. The van der Waals surface area contributed by atoms with Crippen LogP contribution in [0.1, 0.15) is 44.1 Å². The average Bonchev–Trinajstić information content (AvgIpc) is 2.66. The summed E-state index contributed by atoms with van der Waals surface area (Å²) in [4.78, 5) is 11.6. The van der Waals surface area contributed by atoms with E-state index in [1.807, 2.05) is 19.9 Å². The van der Waals surface area contributed by atoms with Gasteiger partial charge in [0.25, 0.3) is 0 Å². The number of nitrogens with one attached hydrogen (secondary N) is 1. The molecule has 15 heavy (non-hydrogen) atoms. The summed E-state index contributed by atoms with van der Waals surface area (Å²) in [5.74, 6) is 1.20. The highest BCUT2D eigenvalue weighted by Crippen LogP contribution is 2.30. The Morgan fingerprint density at radius 3 is 3.13 bits per heavy atom. The maximum atomic E-state index is 11.6. The van der Waals surface area contributed by atoms with Gasteiger partial charge in [0.05, 0.1) is 12.3 Å². The summed E-state index contributed by atoms with van der Waals surface area (Å²) in [6, 6.07) is 2.13. The molecule has 1 aromatic rings. The van der Waals surface area contributed by atoms with E-state index >= 15 is 0 Å². The quantitative estimate of drug-likeness (QED) is 0.809. The number of hydrogen-bond acceptors (Lipinski definition) is 2. The van der Waals surface area contributed by atoms with Crippen LogP contribution in [0.3, 0.4) is 0 Å². The number of hydrogen-bond donors (Lipinski definition) is 1. The standard InChI is InChI=1S/C12H17NO2/c1-8(2)12(14)13-10-4-3-5-11-9(10)6-7-15-11/h6-8,10H,3-5H2,1-2H3,(H,13,14)/t10-/m1/s1. The SMILES string of the molecule is CC(C)C(=O)N[C@@H]1CCCc2occc21. The minimum atomic E-state index is 0.0438. The Labute approximate surface area is 89.9 Å². The molecule has 0 radical (unpaired) electrons. The van der Waals surface area contributed by atoms with Crippen LogP contribution >= 0.6 is 0 Å². The van der Waals surface area contributed by atoms with Crippen LogP contribution in [0.25, 0.3) is 0 Å². The maximum Gasteiger partial charge on any atom is 0.223 e. The summed E-state index contributed by atoms with van der Waals surface area (Å²) >= 11 is 0. The van der Waals surface area contributed by atoms with Crippen molar-refractivity contribution in [3.63, 3.8) is 0 Å². The van der Waals surface area contributed by atoms with Crippen LogP contribution in [0.4, 0.5) is 0 Å². The number of carbonyl (C=O) groups is 1. The Morgan fingerprint density at radius 1 is 1.60 bits per heavy atom. The highest BCUT2D eigenvalue weighted by atomic mass is 16.3. The highest BCUT2D eigenvalue weighted by molar-refractivity contribution is 5.78. The topological polar surface area (TPSA) is 42.2 Å². The molecule has 1 aliphatic rings. The van der Waals surface area contributed by atoms with Crippen molar-refractivity contribution in [3.05, 3.63) is 23.7 Å². The Balaban J connectivity index is 2.10. The van der Waals surface area contributed by atoms with Crippen LogP contribution < -0.4 is 5.32 Å². The number of rotatable bonds is 2. The Bertz CT molecular complexity index is 354. The van der Waals surface area contributed by atoms with Crippen LogP contribution in [-0.4, -0.2) is 5.91 Å². The third-order valence-electron chi connectivity index (χ3n) is 2.89. The molecular formula is C12H17NO2. The lowest BCUT2D eigenvalue weighted by Crippen LogP contribution is -2.33. The van der Waals surface area contributed by atoms with Crippen LogP contribution in [0, 0.1) is 5.92 Å². The van der Waals surface area contributed by atoms with Crippen LogP contribution in [0.5, 0.6) is 0 Å². The highest BCUT2D eigenvalue weighted by Gasteiger charge is 2.24. The number of carbonyl (C=O) groups excluding carboxylic acids is 1. The van der Waals surface area contributed by atoms with Gasteiger partial charge >= 0.3 is 0 Å². The molecule has 0 saturated carbocycles. The van der Waals surface area contributed by atoms with Gasteiger partial charge in [-0.1, -0.05) is 13.8 Å².